The van der Waals surface area contributed by atoms with Crippen LogP contribution in [-0.2, 0) is 11.2 Å². The Bertz CT molecular complexity index is 1330. The molecular weight excluding hydrogens is 392 g/mol. The minimum atomic E-state index is -0.683. The van der Waals surface area contributed by atoms with Crippen molar-refractivity contribution in [2.75, 3.05) is 6.54 Å². The van der Waals surface area contributed by atoms with E-state index in [1.54, 1.807) is 13.8 Å². The van der Waals surface area contributed by atoms with Gasteiger partial charge in [-0.25, -0.2) is 4.79 Å². The summed E-state index contributed by atoms with van der Waals surface area (Å²) in [7, 11) is 0. The molecule has 0 unspecified atom stereocenters. The predicted octanol–water partition coefficient (Wildman–Crippen LogP) is 4.33. The van der Waals surface area contributed by atoms with Crippen LogP contribution in [0, 0.1) is 20.8 Å². The van der Waals surface area contributed by atoms with Gasteiger partial charge in [0.1, 0.15) is 11.3 Å². The van der Waals surface area contributed by atoms with Gasteiger partial charge in [-0.2, -0.15) is 0 Å². The molecule has 0 aliphatic heterocycles. The first-order valence-electron chi connectivity index (χ1n) is 10.4. The molecule has 0 spiro atoms. The molecule has 0 fully saturated rings. The number of benzene rings is 2. The summed E-state index contributed by atoms with van der Waals surface area (Å²) in [5.41, 5.74) is 4.59. The van der Waals surface area contributed by atoms with Crippen LogP contribution in [0.5, 0.6) is 5.75 Å². The lowest BCUT2D eigenvalue weighted by Gasteiger charge is -2.17. The number of aromatic amines is 1. The van der Waals surface area contributed by atoms with Crippen LogP contribution in [0.3, 0.4) is 0 Å². The fourth-order valence-corrected chi connectivity index (χ4v) is 3.80. The van der Waals surface area contributed by atoms with Gasteiger partial charge in [0.15, 0.2) is 6.10 Å². The number of hydrogen-bond acceptors (Lipinski definition) is 4. The molecule has 6 nitrogen and oxygen atoms in total. The average Bonchev–Trinajstić information content (AvgIpc) is 3.17. The molecule has 6 heteroatoms. The number of carbonyl (C=O) groups excluding carboxylic acids is 1. The van der Waals surface area contributed by atoms with Crippen molar-refractivity contribution in [3.05, 3.63) is 75.3 Å². The zero-order chi connectivity index (χ0) is 22.1. The standard InChI is InChI=1S/C25H26N2O4/c1-14-15(2)25(29)31-23-16(3)22(10-9-19(14)23)30-17(4)24(28)26-12-11-18-13-27-21-8-6-5-7-20(18)21/h5-10,13,17,27H,11-12H2,1-4H3,(H,26,28)/t17-/m0/s1. The summed E-state index contributed by atoms with van der Waals surface area (Å²) in [5, 5.41) is 4.98. The summed E-state index contributed by atoms with van der Waals surface area (Å²) in [6, 6.07) is 11.8. The van der Waals surface area contributed by atoms with Gasteiger partial charge in [0, 0.05) is 40.2 Å². The van der Waals surface area contributed by atoms with E-state index in [1.807, 2.05) is 50.4 Å². The molecule has 1 atom stereocenters. The molecule has 0 radical (unpaired) electrons. The first-order chi connectivity index (χ1) is 14.9. The second kappa shape index (κ2) is 8.30. The molecule has 2 N–H and O–H groups in total. The third-order valence-electron chi connectivity index (χ3n) is 5.87. The summed E-state index contributed by atoms with van der Waals surface area (Å²) < 4.78 is 11.4. The number of hydrogen-bond donors (Lipinski definition) is 2. The molecule has 0 aliphatic rings. The van der Waals surface area contributed by atoms with Crippen LogP contribution in [0.2, 0.25) is 0 Å². The fraction of sp³-hybridized carbons (Fsp3) is 0.280. The topological polar surface area (TPSA) is 84.3 Å². The molecule has 0 bridgehead atoms. The highest BCUT2D eigenvalue weighted by molar-refractivity contribution is 5.86. The number of amides is 1. The van der Waals surface area contributed by atoms with Crippen molar-refractivity contribution in [2.24, 2.45) is 0 Å². The van der Waals surface area contributed by atoms with Gasteiger partial charge in [-0.3, -0.25) is 4.79 Å². The summed E-state index contributed by atoms with van der Waals surface area (Å²) in [5.74, 6) is 0.332. The number of ether oxygens (including phenoxy) is 1. The molecule has 0 saturated carbocycles. The Labute approximate surface area is 180 Å². The van der Waals surface area contributed by atoms with Crippen LogP contribution >= 0.6 is 0 Å². The Balaban J connectivity index is 1.43. The fourth-order valence-electron chi connectivity index (χ4n) is 3.80. The van der Waals surface area contributed by atoms with Crippen molar-refractivity contribution in [3.8, 4) is 5.75 Å². The van der Waals surface area contributed by atoms with Gasteiger partial charge in [-0.05, 0) is 63.4 Å². The molecule has 1 amide bonds. The Morgan fingerprint density at radius 2 is 1.84 bits per heavy atom. The van der Waals surface area contributed by atoms with Crippen molar-refractivity contribution in [2.45, 2.75) is 40.2 Å². The molecule has 160 valence electrons. The lowest BCUT2D eigenvalue weighted by atomic mass is 10.0. The Kier molecular flexibility index (Phi) is 5.55. The third kappa shape index (κ3) is 3.93. The van der Waals surface area contributed by atoms with Crippen molar-refractivity contribution in [1.82, 2.24) is 10.3 Å². The number of fused-ring (bicyclic) bond motifs is 2. The molecule has 0 aliphatic carbocycles. The Morgan fingerprint density at radius 3 is 2.65 bits per heavy atom. The highest BCUT2D eigenvalue weighted by atomic mass is 16.5. The van der Waals surface area contributed by atoms with E-state index in [0.29, 0.717) is 29.0 Å². The van der Waals surface area contributed by atoms with E-state index in [4.69, 9.17) is 9.15 Å². The van der Waals surface area contributed by atoms with E-state index < -0.39 is 6.10 Å². The number of aromatic nitrogens is 1. The normalized spacial score (nSPS) is 12.3. The van der Waals surface area contributed by atoms with Crippen LogP contribution in [0.15, 0.2) is 51.8 Å². The van der Waals surface area contributed by atoms with E-state index in [9.17, 15) is 9.59 Å². The maximum absolute atomic E-state index is 12.5. The van der Waals surface area contributed by atoms with Gasteiger partial charge in [-0.15, -0.1) is 0 Å². The van der Waals surface area contributed by atoms with Crippen LogP contribution in [-0.4, -0.2) is 23.5 Å². The van der Waals surface area contributed by atoms with Crippen LogP contribution in [0.4, 0.5) is 0 Å². The molecule has 4 rings (SSSR count). The highest BCUT2D eigenvalue weighted by Gasteiger charge is 2.18. The molecule has 2 aromatic carbocycles. The van der Waals surface area contributed by atoms with Crippen molar-refractivity contribution in [1.29, 1.82) is 0 Å². The SMILES string of the molecule is Cc1c(C)c2ccc(O[C@@H](C)C(=O)NCCc3c[nH]c4ccccc34)c(C)c2oc1=O. The molecular formula is C25H26N2O4. The quantitative estimate of drug-likeness (QED) is 0.457. The largest absolute Gasteiger partial charge is 0.480 e. The Morgan fingerprint density at radius 1 is 1.06 bits per heavy atom. The zero-order valence-corrected chi connectivity index (χ0v) is 18.2. The van der Waals surface area contributed by atoms with E-state index in [-0.39, 0.29) is 11.5 Å². The molecule has 2 aromatic heterocycles. The zero-order valence-electron chi connectivity index (χ0n) is 18.2. The van der Waals surface area contributed by atoms with Crippen molar-refractivity contribution >= 4 is 27.8 Å². The Hall–Kier alpha value is -3.54. The molecule has 4 aromatic rings. The lowest BCUT2D eigenvalue weighted by Crippen LogP contribution is -2.37. The molecule has 0 saturated heterocycles. The molecule has 31 heavy (non-hydrogen) atoms. The third-order valence-corrected chi connectivity index (χ3v) is 5.87. The van der Waals surface area contributed by atoms with E-state index in [2.05, 4.69) is 16.4 Å². The minimum Gasteiger partial charge on any atom is -0.480 e. The first kappa shape index (κ1) is 20.7. The summed E-state index contributed by atoms with van der Waals surface area (Å²) in [4.78, 5) is 27.9. The number of aryl methyl sites for hydroxylation is 2. The second-order valence-corrected chi connectivity index (χ2v) is 7.87. The maximum atomic E-state index is 12.5. The number of carbonyl (C=O) groups is 1. The van der Waals surface area contributed by atoms with E-state index in [0.717, 1.165) is 28.5 Å². The van der Waals surface area contributed by atoms with Crippen molar-refractivity contribution < 1.29 is 13.9 Å². The van der Waals surface area contributed by atoms with E-state index in [1.165, 1.54) is 5.39 Å². The van der Waals surface area contributed by atoms with Crippen LogP contribution in [0.1, 0.15) is 29.2 Å². The summed E-state index contributed by atoms with van der Waals surface area (Å²) in [6.45, 7) is 7.71. The van der Waals surface area contributed by atoms with Gasteiger partial charge in [0.05, 0.1) is 0 Å². The van der Waals surface area contributed by atoms with Crippen molar-refractivity contribution in [3.63, 3.8) is 0 Å². The monoisotopic (exact) mass is 418 g/mol. The second-order valence-electron chi connectivity index (χ2n) is 7.87. The van der Waals surface area contributed by atoms with Gasteiger partial charge < -0.3 is 19.5 Å². The van der Waals surface area contributed by atoms with Crippen LogP contribution < -0.4 is 15.7 Å². The van der Waals surface area contributed by atoms with Crippen LogP contribution in [0.25, 0.3) is 21.9 Å². The summed E-state index contributed by atoms with van der Waals surface area (Å²) in [6.07, 6.45) is 2.02. The smallest absolute Gasteiger partial charge is 0.339 e. The average molecular weight is 418 g/mol. The number of nitrogens with one attached hydrogen (secondary N) is 2. The molecule has 2 heterocycles. The highest BCUT2D eigenvalue weighted by Crippen LogP contribution is 2.29. The maximum Gasteiger partial charge on any atom is 0.339 e. The number of H-pyrrole nitrogens is 1. The van der Waals surface area contributed by atoms with Gasteiger partial charge in [0.25, 0.3) is 5.91 Å². The number of para-hydroxylation sites is 1. The predicted molar refractivity (Wildman–Crippen MR) is 122 cm³/mol. The van der Waals surface area contributed by atoms with Gasteiger partial charge in [-0.1, -0.05) is 18.2 Å². The summed E-state index contributed by atoms with van der Waals surface area (Å²) >= 11 is 0. The van der Waals surface area contributed by atoms with E-state index >= 15 is 0 Å². The van der Waals surface area contributed by atoms with Gasteiger partial charge >= 0.3 is 5.63 Å². The van der Waals surface area contributed by atoms with Gasteiger partial charge in [0.2, 0.25) is 0 Å². The number of rotatable bonds is 6. The minimum absolute atomic E-state index is 0.194. The lowest BCUT2D eigenvalue weighted by molar-refractivity contribution is -0.127. The first-order valence-corrected chi connectivity index (χ1v) is 10.4.